The Morgan fingerprint density at radius 1 is 1.37 bits per heavy atom. The van der Waals surface area contributed by atoms with E-state index < -0.39 is 12.0 Å². The molecule has 0 aliphatic carbocycles. The molecule has 0 aliphatic rings. The molecule has 104 valence electrons. The van der Waals surface area contributed by atoms with E-state index in [0.717, 1.165) is 0 Å². The van der Waals surface area contributed by atoms with E-state index in [1.165, 1.54) is 7.11 Å². The number of carbonyl (C=O) groups excluding carboxylic acids is 2. The molecule has 7 heteroatoms. The fourth-order valence-corrected chi connectivity index (χ4v) is 1.60. The molecule has 6 nitrogen and oxygen atoms in total. The molecule has 0 bridgehead atoms. The second kappa shape index (κ2) is 7.63. The third-order valence-electron chi connectivity index (χ3n) is 2.12. The van der Waals surface area contributed by atoms with Crippen LogP contribution in [0.15, 0.2) is 22.7 Å². The minimum Gasteiger partial charge on any atom is -0.497 e. The van der Waals surface area contributed by atoms with Gasteiger partial charge in [0.2, 0.25) is 0 Å². The molecular formula is C12H15BrN2O4. The van der Waals surface area contributed by atoms with Gasteiger partial charge in [0.05, 0.1) is 19.4 Å². The Kier molecular flexibility index (Phi) is 6.14. The van der Waals surface area contributed by atoms with Gasteiger partial charge in [0.15, 0.2) is 0 Å². The summed E-state index contributed by atoms with van der Waals surface area (Å²) in [5.41, 5.74) is 0.542. The van der Waals surface area contributed by atoms with Crippen LogP contribution in [-0.4, -0.2) is 32.3 Å². The van der Waals surface area contributed by atoms with Crippen LogP contribution in [0.4, 0.5) is 10.5 Å². The van der Waals surface area contributed by atoms with Gasteiger partial charge < -0.3 is 20.1 Å². The van der Waals surface area contributed by atoms with Gasteiger partial charge in [-0.15, -0.1) is 0 Å². The number of nitrogens with one attached hydrogen (secondary N) is 2. The first-order valence-corrected chi connectivity index (χ1v) is 6.40. The van der Waals surface area contributed by atoms with Crippen molar-refractivity contribution in [3.05, 3.63) is 22.7 Å². The topological polar surface area (TPSA) is 76.7 Å². The van der Waals surface area contributed by atoms with Crippen LogP contribution in [0.3, 0.4) is 0 Å². The van der Waals surface area contributed by atoms with Gasteiger partial charge in [-0.3, -0.25) is 4.79 Å². The molecule has 2 amide bonds. The van der Waals surface area contributed by atoms with Crippen LogP contribution in [0.5, 0.6) is 5.75 Å². The van der Waals surface area contributed by atoms with Crippen molar-refractivity contribution in [2.75, 3.05) is 25.6 Å². The first-order chi connectivity index (χ1) is 9.06. The molecule has 0 radical (unpaired) electrons. The van der Waals surface area contributed by atoms with E-state index >= 15 is 0 Å². The molecule has 0 saturated heterocycles. The SMILES string of the molecule is CCOC(=O)CNC(=O)Nc1cc(OC)ccc1Br. The number of esters is 1. The van der Waals surface area contributed by atoms with Crippen LogP contribution in [0, 0.1) is 0 Å². The Bertz CT molecular complexity index is 465. The van der Waals surface area contributed by atoms with Crippen molar-refractivity contribution >= 4 is 33.6 Å². The van der Waals surface area contributed by atoms with E-state index in [4.69, 9.17) is 9.47 Å². The average molecular weight is 331 g/mol. The molecule has 1 aromatic carbocycles. The van der Waals surface area contributed by atoms with Crippen LogP contribution in [0.1, 0.15) is 6.92 Å². The maximum absolute atomic E-state index is 11.6. The summed E-state index contributed by atoms with van der Waals surface area (Å²) in [6.45, 7) is 1.80. The third kappa shape index (κ3) is 5.17. The first kappa shape index (κ1) is 15.3. The lowest BCUT2D eigenvalue weighted by molar-refractivity contribution is -0.141. The molecule has 0 aromatic heterocycles. The van der Waals surface area contributed by atoms with Gasteiger partial charge in [-0.05, 0) is 35.0 Å². The predicted molar refractivity (Wildman–Crippen MR) is 74.3 cm³/mol. The number of hydrogen-bond acceptors (Lipinski definition) is 4. The Labute approximate surface area is 119 Å². The number of amides is 2. The highest BCUT2D eigenvalue weighted by Gasteiger charge is 2.08. The van der Waals surface area contributed by atoms with E-state index in [2.05, 4.69) is 26.6 Å². The number of halogens is 1. The van der Waals surface area contributed by atoms with Crippen molar-refractivity contribution in [2.24, 2.45) is 0 Å². The molecule has 1 rings (SSSR count). The standard InChI is InChI=1S/C12H15BrN2O4/c1-3-19-11(16)7-14-12(17)15-10-6-8(18-2)4-5-9(10)13/h4-6H,3,7H2,1-2H3,(H2,14,15,17). The van der Waals surface area contributed by atoms with Crippen LogP contribution in [0.2, 0.25) is 0 Å². The second-order valence-electron chi connectivity index (χ2n) is 3.46. The van der Waals surface area contributed by atoms with Crippen molar-refractivity contribution in [1.29, 1.82) is 0 Å². The van der Waals surface area contributed by atoms with Crippen molar-refractivity contribution in [3.8, 4) is 5.75 Å². The number of urea groups is 1. The Hall–Kier alpha value is -1.76. The molecule has 1 aromatic rings. The van der Waals surface area contributed by atoms with E-state index in [1.54, 1.807) is 25.1 Å². The molecule has 2 N–H and O–H groups in total. The molecule has 0 atom stereocenters. The lowest BCUT2D eigenvalue weighted by Crippen LogP contribution is -2.34. The summed E-state index contributed by atoms with van der Waals surface area (Å²) in [6, 6.07) is 4.67. The van der Waals surface area contributed by atoms with Crippen molar-refractivity contribution in [3.63, 3.8) is 0 Å². The first-order valence-electron chi connectivity index (χ1n) is 5.60. The Morgan fingerprint density at radius 3 is 2.74 bits per heavy atom. The van der Waals surface area contributed by atoms with E-state index in [-0.39, 0.29) is 13.2 Å². The molecule has 0 spiro atoms. The predicted octanol–water partition coefficient (Wildman–Crippen LogP) is 2.14. The number of carbonyl (C=O) groups is 2. The highest BCUT2D eigenvalue weighted by atomic mass is 79.9. The van der Waals surface area contributed by atoms with Crippen molar-refractivity contribution in [2.45, 2.75) is 6.92 Å². The highest BCUT2D eigenvalue weighted by Crippen LogP contribution is 2.26. The van der Waals surface area contributed by atoms with Crippen LogP contribution in [0.25, 0.3) is 0 Å². The van der Waals surface area contributed by atoms with Crippen molar-refractivity contribution in [1.82, 2.24) is 5.32 Å². The summed E-state index contributed by atoms with van der Waals surface area (Å²) in [5, 5.41) is 4.99. The summed E-state index contributed by atoms with van der Waals surface area (Å²) in [6.07, 6.45) is 0. The zero-order chi connectivity index (χ0) is 14.3. The minimum atomic E-state index is -0.498. The number of rotatable bonds is 5. The third-order valence-corrected chi connectivity index (χ3v) is 2.81. The van der Waals surface area contributed by atoms with Crippen LogP contribution in [-0.2, 0) is 9.53 Å². The summed E-state index contributed by atoms with van der Waals surface area (Å²) in [7, 11) is 1.54. The summed E-state index contributed by atoms with van der Waals surface area (Å²) in [5.74, 6) is 0.131. The minimum absolute atomic E-state index is 0.179. The van der Waals surface area contributed by atoms with Crippen LogP contribution >= 0.6 is 15.9 Å². The lowest BCUT2D eigenvalue weighted by atomic mass is 10.3. The zero-order valence-electron chi connectivity index (χ0n) is 10.7. The molecule has 0 saturated carbocycles. The fourth-order valence-electron chi connectivity index (χ4n) is 1.26. The van der Waals surface area contributed by atoms with Gasteiger partial charge in [-0.2, -0.15) is 0 Å². The van der Waals surface area contributed by atoms with Gasteiger partial charge in [-0.1, -0.05) is 0 Å². The zero-order valence-corrected chi connectivity index (χ0v) is 12.2. The molecule has 0 aliphatic heterocycles. The quantitative estimate of drug-likeness (QED) is 0.811. The number of methoxy groups -OCH3 is 1. The normalized spacial score (nSPS) is 9.63. The fraction of sp³-hybridized carbons (Fsp3) is 0.333. The monoisotopic (exact) mass is 330 g/mol. The lowest BCUT2D eigenvalue weighted by Gasteiger charge is -2.10. The van der Waals surface area contributed by atoms with Gasteiger partial charge >= 0.3 is 12.0 Å². The number of ether oxygens (including phenoxy) is 2. The van der Waals surface area contributed by atoms with Gasteiger partial charge in [-0.25, -0.2) is 4.79 Å². The maximum Gasteiger partial charge on any atom is 0.325 e. The highest BCUT2D eigenvalue weighted by molar-refractivity contribution is 9.10. The smallest absolute Gasteiger partial charge is 0.325 e. The number of hydrogen-bond donors (Lipinski definition) is 2. The molecule has 0 unspecified atom stereocenters. The summed E-state index contributed by atoms with van der Waals surface area (Å²) >= 11 is 3.30. The van der Waals surface area contributed by atoms with Crippen LogP contribution < -0.4 is 15.4 Å². The number of anilines is 1. The van der Waals surface area contributed by atoms with E-state index in [0.29, 0.717) is 15.9 Å². The Balaban J connectivity index is 2.54. The molecule has 0 heterocycles. The summed E-state index contributed by atoms with van der Waals surface area (Å²) < 4.78 is 10.5. The van der Waals surface area contributed by atoms with Gasteiger partial charge in [0, 0.05) is 10.5 Å². The second-order valence-corrected chi connectivity index (χ2v) is 4.31. The Morgan fingerprint density at radius 2 is 2.11 bits per heavy atom. The molecule has 0 fully saturated rings. The number of benzene rings is 1. The largest absolute Gasteiger partial charge is 0.497 e. The van der Waals surface area contributed by atoms with E-state index in [9.17, 15) is 9.59 Å². The molecule has 19 heavy (non-hydrogen) atoms. The average Bonchev–Trinajstić information content (AvgIpc) is 2.39. The molecular weight excluding hydrogens is 316 g/mol. The van der Waals surface area contributed by atoms with E-state index in [1.807, 2.05) is 0 Å². The van der Waals surface area contributed by atoms with Gasteiger partial charge in [0.1, 0.15) is 12.3 Å². The van der Waals surface area contributed by atoms with Gasteiger partial charge in [0.25, 0.3) is 0 Å². The van der Waals surface area contributed by atoms with Crippen molar-refractivity contribution < 1.29 is 19.1 Å². The maximum atomic E-state index is 11.6. The summed E-state index contributed by atoms with van der Waals surface area (Å²) in [4.78, 5) is 22.7.